The number of benzene rings is 1. The molecule has 7 heteroatoms. The highest BCUT2D eigenvalue weighted by Crippen LogP contribution is 2.64. The van der Waals surface area contributed by atoms with Gasteiger partial charge in [0.05, 0.1) is 5.56 Å². The molecule has 1 aromatic carbocycles. The van der Waals surface area contributed by atoms with Crippen LogP contribution in [-0.2, 0) is 9.53 Å². The number of rotatable bonds is 7. The number of carboxylic acids is 1. The Balaban J connectivity index is 1.41. The normalized spacial score (nSPS) is 30.2. The Bertz CT molecular complexity index is 795. The molecule has 1 N–H and O–H groups in total. The van der Waals surface area contributed by atoms with E-state index in [0.717, 1.165) is 17.8 Å². The molecule has 5 nitrogen and oxygen atoms in total. The maximum atomic E-state index is 13.1. The number of alkyl halides is 2. The van der Waals surface area contributed by atoms with E-state index in [-0.39, 0.29) is 16.6 Å². The third-order valence-electron chi connectivity index (χ3n) is 7.48. The summed E-state index contributed by atoms with van der Waals surface area (Å²) in [4.78, 5) is 22.4. The van der Waals surface area contributed by atoms with Crippen molar-refractivity contribution in [3.05, 3.63) is 29.8 Å². The molecule has 0 atom stereocenters. The monoisotopic (exact) mass is 422 g/mol. The highest BCUT2D eigenvalue weighted by atomic mass is 19.3. The maximum absolute atomic E-state index is 13.1. The molecule has 0 aromatic heterocycles. The van der Waals surface area contributed by atoms with Gasteiger partial charge >= 0.3 is 17.9 Å². The van der Waals surface area contributed by atoms with Crippen LogP contribution in [0.25, 0.3) is 0 Å². The third kappa shape index (κ3) is 3.79. The fraction of sp³-hybridized carbons (Fsp3) is 0.652. The van der Waals surface area contributed by atoms with Crippen LogP contribution < -0.4 is 4.74 Å². The summed E-state index contributed by atoms with van der Waals surface area (Å²) in [6.45, 7) is 2.80. The predicted molar refractivity (Wildman–Crippen MR) is 105 cm³/mol. The summed E-state index contributed by atoms with van der Waals surface area (Å²) >= 11 is 0. The zero-order valence-electron chi connectivity index (χ0n) is 17.3. The summed E-state index contributed by atoms with van der Waals surface area (Å²) < 4.78 is 37.0. The number of ether oxygens (including phenoxy) is 2. The van der Waals surface area contributed by atoms with Crippen LogP contribution >= 0.6 is 0 Å². The third-order valence-corrected chi connectivity index (χ3v) is 7.48. The van der Waals surface area contributed by atoms with Crippen LogP contribution in [0.3, 0.4) is 0 Å². The lowest BCUT2D eigenvalue weighted by molar-refractivity contribution is -0.170. The molecular formula is C23H28F2O5. The zero-order chi connectivity index (χ0) is 21.7. The Labute approximate surface area is 174 Å². The van der Waals surface area contributed by atoms with Crippen LogP contribution in [-0.4, -0.2) is 35.2 Å². The molecule has 0 heterocycles. The molecule has 164 valence electrons. The van der Waals surface area contributed by atoms with Crippen molar-refractivity contribution in [1.82, 2.24) is 0 Å². The Morgan fingerprint density at radius 3 is 2.00 bits per heavy atom. The lowest BCUT2D eigenvalue weighted by Gasteiger charge is -2.61. The highest BCUT2D eigenvalue weighted by molar-refractivity contribution is 5.89. The number of hydrogen-bond donors (Lipinski definition) is 1. The van der Waals surface area contributed by atoms with Crippen molar-refractivity contribution >= 4 is 11.9 Å². The van der Waals surface area contributed by atoms with Gasteiger partial charge in [-0.2, -0.15) is 8.78 Å². The van der Waals surface area contributed by atoms with Gasteiger partial charge in [0, 0.05) is 5.41 Å². The molecule has 4 bridgehead atoms. The molecule has 0 amide bonds. The van der Waals surface area contributed by atoms with Crippen LogP contribution in [0.4, 0.5) is 8.78 Å². The molecular weight excluding hydrogens is 394 g/mol. The zero-order valence-corrected chi connectivity index (χ0v) is 17.3. The minimum Gasteiger partial charge on any atom is -0.487 e. The van der Waals surface area contributed by atoms with E-state index in [2.05, 4.69) is 18.6 Å². The van der Waals surface area contributed by atoms with E-state index in [1.807, 2.05) is 0 Å². The van der Waals surface area contributed by atoms with E-state index in [0.29, 0.717) is 5.75 Å². The molecule has 0 radical (unpaired) electrons. The van der Waals surface area contributed by atoms with Crippen LogP contribution in [0, 0.1) is 23.2 Å². The van der Waals surface area contributed by atoms with Crippen molar-refractivity contribution in [2.24, 2.45) is 23.2 Å². The Kier molecular flexibility index (Phi) is 5.06. The summed E-state index contributed by atoms with van der Waals surface area (Å²) in [7, 11) is 0. The topological polar surface area (TPSA) is 72.8 Å². The van der Waals surface area contributed by atoms with E-state index < -0.39 is 24.5 Å². The second-order valence-corrected chi connectivity index (χ2v) is 9.92. The van der Waals surface area contributed by atoms with Crippen molar-refractivity contribution < 1.29 is 33.0 Å². The van der Waals surface area contributed by atoms with Gasteiger partial charge in [-0.1, -0.05) is 0 Å². The van der Waals surface area contributed by atoms with E-state index in [1.54, 1.807) is 12.1 Å². The molecule has 0 spiro atoms. The van der Waals surface area contributed by atoms with Crippen LogP contribution in [0.5, 0.6) is 5.75 Å². The Morgan fingerprint density at radius 1 is 1.03 bits per heavy atom. The lowest BCUT2D eigenvalue weighted by atomic mass is 9.46. The fourth-order valence-corrected chi connectivity index (χ4v) is 6.21. The number of aliphatic carboxylic acids is 1. The first-order chi connectivity index (χ1) is 14.0. The minimum atomic E-state index is -4.11. The summed E-state index contributed by atoms with van der Waals surface area (Å²) in [5.41, 5.74) is -0.118. The number of halogens is 2. The number of esters is 1. The molecule has 5 rings (SSSR count). The van der Waals surface area contributed by atoms with Gasteiger partial charge in [-0.05, 0) is 94.4 Å². The molecule has 4 saturated carbocycles. The maximum Gasteiger partial charge on any atom is 0.378 e. The highest BCUT2D eigenvalue weighted by Gasteiger charge is 2.58. The molecule has 4 aliphatic rings. The summed E-state index contributed by atoms with van der Waals surface area (Å²) in [6, 6.07) is 6.17. The molecule has 30 heavy (non-hydrogen) atoms. The molecule has 0 saturated heterocycles. The number of carbonyl (C=O) groups is 2. The first-order valence-corrected chi connectivity index (χ1v) is 10.6. The molecule has 1 aromatic rings. The second-order valence-electron chi connectivity index (χ2n) is 9.92. The average Bonchev–Trinajstić information content (AvgIpc) is 2.65. The van der Waals surface area contributed by atoms with E-state index in [9.17, 15) is 18.4 Å². The van der Waals surface area contributed by atoms with Gasteiger partial charge in [0.2, 0.25) is 0 Å². The second kappa shape index (κ2) is 7.20. The Hall–Kier alpha value is -2.18. The van der Waals surface area contributed by atoms with Gasteiger partial charge in [0.25, 0.3) is 0 Å². The van der Waals surface area contributed by atoms with Crippen LogP contribution in [0.1, 0.15) is 62.7 Å². The first-order valence-electron chi connectivity index (χ1n) is 10.6. The summed E-state index contributed by atoms with van der Waals surface area (Å²) in [5, 5.41) is 8.40. The number of carbonyl (C=O) groups excluding carboxylic acids is 1. The van der Waals surface area contributed by atoms with Crippen molar-refractivity contribution in [3.63, 3.8) is 0 Å². The van der Waals surface area contributed by atoms with E-state index >= 15 is 0 Å². The largest absolute Gasteiger partial charge is 0.487 e. The van der Waals surface area contributed by atoms with Crippen molar-refractivity contribution in [3.8, 4) is 5.75 Å². The number of hydrogen-bond acceptors (Lipinski definition) is 4. The fourth-order valence-electron chi connectivity index (χ4n) is 6.21. The average molecular weight is 422 g/mol. The van der Waals surface area contributed by atoms with E-state index in [1.165, 1.54) is 50.7 Å². The Morgan fingerprint density at radius 2 is 1.53 bits per heavy atom. The quantitative estimate of drug-likeness (QED) is 0.631. The van der Waals surface area contributed by atoms with Gasteiger partial charge in [-0.25, -0.2) is 9.59 Å². The van der Waals surface area contributed by atoms with Gasteiger partial charge < -0.3 is 14.6 Å². The molecule has 0 aliphatic heterocycles. The van der Waals surface area contributed by atoms with Crippen LogP contribution in [0.2, 0.25) is 0 Å². The van der Waals surface area contributed by atoms with Gasteiger partial charge in [0.1, 0.15) is 11.4 Å². The van der Waals surface area contributed by atoms with Crippen molar-refractivity contribution in [1.29, 1.82) is 0 Å². The van der Waals surface area contributed by atoms with Crippen molar-refractivity contribution in [2.75, 3.05) is 6.61 Å². The van der Waals surface area contributed by atoms with Gasteiger partial charge in [-0.15, -0.1) is 0 Å². The molecule has 4 fully saturated rings. The number of carboxylic acid groups (broad SMARTS) is 1. The minimum absolute atomic E-state index is 0.0659. The standard InChI is InChI=1S/C23H28F2O5/c1-21(2,22-10-14-7-15(11-22)9-16(8-14)12-22)30-18-5-3-17(4-6-18)19(26)29-13-23(24,25)20(27)28/h3-6,14-16H,7-13H2,1-2H3,(H,27,28). The van der Waals surface area contributed by atoms with Crippen molar-refractivity contribution in [2.45, 2.75) is 63.9 Å². The van der Waals surface area contributed by atoms with Gasteiger partial charge in [0.15, 0.2) is 6.61 Å². The predicted octanol–water partition coefficient (Wildman–Crippen LogP) is 4.94. The SMILES string of the molecule is CC(C)(Oc1ccc(C(=O)OCC(F)(F)C(=O)O)cc1)C12CC3CC(CC(C3)C1)C2. The molecule has 4 aliphatic carbocycles. The van der Waals surface area contributed by atoms with E-state index in [4.69, 9.17) is 9.84 Å². The molecule has 0 unspecified atom stereocenters. The smallest absolute Gasteiger partial charge is 0.378 e. The van der Waals surface area contributed by atoms with Gasteiger partial charge in [-0.3, -0.25) is 0 Å². The summed E-state index contributed by atoms with van der Waals surface area (Å²) in [6.07, 6.45) is 7.67. The first kappa shape index (κ1) is 21.1. The lowest BCUT2D eigenvalue weighted by Crippen LogP contribution is -2.58. The van der Waals surface area contributed by atoms with Crippen LogP contribution in [0.15, 0.2) is 24.3 Å². The summed E-state index contributed by atoms with van der Waals surface area (Å²) in [5.74, 6) is -4.40.